The Kier molecular flexibility index (Phi) is 4.86. The molecule has 2 unspecified atom stereocenters. The number of likely N-dealkylation sites (tertiary alicyclic amines) is 1. The Bertz CT molecular complexity index is 1030. The number of benzene rings is 2. The van der Waals surface area contributed by atoms with E-state index in [9.17, 15) is 4.79 Å². The molecule has 0 radical (unpaired) electrons. The second-order valence-electron chi connectivity index (χ2n) is 8.16. The van der Waals surface area contributed by atoms with E-state index in [0.717, 1.165) is 48.3 Å². The van der Waals surface area contributed by atoms with Gasteiger partial charge in [-0.2, -0.15) is 0 Å². The monoisotopic (exact) mass is 390 g/mol. The molecule has 150 valence electrons. The van der Waals surface area contributed by atoms with Crippen LogP contribution in [0.3, 0.4) is 0 Å². The average Bonchev–Trinajstić information content (AvgIpc) is 3.44. The fourth-order valence-electron chi connectivity index (χ4n) is 4.61. The first-order chi connectivity index (χ1) is 14.2. The Morgan fingerprint density at radius 1 is 1.21 bits per heavy atom. The van der Waals surface area contributed by atoms with Gasteiger partial charge in [-0.05, 0) is 43.0 Å². The number of nitrogens with zero attached hydrogens (tertiary/aromatic N) is 1. The van der Waals surface area contributed by atoms with Crippen molar-refractivity contribution in [3.63, 3.8) is 0 Å². The molecule has 3 heterocycles. The molecular formula is C24H26N2O3. The van der Waals surface area contributed by atoms with E-state index in [1.54, 1.807) is 0 Å². The summed E-state index contributed by atoms with van der Waals surface area (Å²) in [6.45, 7) is 5.17. The van der Waals surface area contributed by atoms with Crippen molar-refractivity contribution in [3.8, 4) is 0 Å². The van der Waals surface area contributed by atoms with E-state index < -0.39 is 0 Å². The molecule has 5 rings (SSSR count). The van der Waals surface area contributed by atoms with Crippen molar-refractivity contribution >= 4 is 16.9 Å². The summed E-state index contributed by atoms with van der Waals surface area (Å²) in [5.41, 5.74) is 4.71. The van der Waals surface area contributed by atoms with Gasteiger partial charge < -0.3 is 14.5 Å². The van der Waals surface area contributed by atoms with Crippen molar-refractivity contribution in [2.24, 2.45) is 0 Å². The summed E-state index contributed by atoms with van der Waals surface area (Å²) in [7, 11) is 0. The summed E-state index contributed by atoms with van der Waals surface area (Å²) in [5, 5.41) is 0.948. The number of nitrogens with one attached hydrogen (secondary N) is 1. The van der Waals surface area contributed by atoms with Gasteiger partial charge in [0.15, 0.2) is 0 Å². The smallest absolute Gasteiger partial charge is 0.340 e. The number of aryl methyl sites for hydroxylation is 1. The van der Waals surface area contributed by atoms with E-state index in [-0.39, 0.29) is 12.6 Å². The van der Waals surface area contributed by atoms with Crippen molar-refractivity contribution < 1.29 is 14.3 Å². The SMILES string of the molecule is Cc1[nH]c2ccc(CCN3CC4CC3CO4)cc2c1C(=O)OCc1ccccc1. The zero-order valence-electron chi connectivity index (χ0n) is 16.7. The van der Waals surface area contributed by atoms with Crippen molar-refractivity contribution in [3.05, 3.63) is 70.9 Å². The van der Waals surface area contributed by atoms with Gasteiger partial charge in [-0.1, -0.05) is 36.4 Å². The number of hydrogen-bond donors (Lipinski definition) is 1. The summed E-state index contributed by atoms with van der Waals surface area (Å²) in [6.07, 6.45) is 2.58. The van der Waals surface area contributed by atoms with E-state index in [1.807, 2.05) is 37.3 Å². The van der Waals surface area contributed by atoms with Gasteiger partial charge >= 0.3 is 5.97 Å². The molecule has 2 aliphatic heterocycles. The largest absolute Gasteiger partial charge is 0.457 e. The van der Waals surface area contributed by atoms with Crippen LogP contribution in [0.15, 0.2) is 48.5 Å². The van der Waals surface area contributed by atoms with E-state index in [0.29, 0.717) is 17.7 Å². The number of ether oxygens (including phenoxy) is 2. The number of esters is 1. The normalized spacial score (nSPS) is 21.1. The molecule has 2 fully saturated rings. The van der Waals surface area contributed by atoms with Gasteiger partial charge in [-0.3, -0.25) is 4.90 Å². The van der Waals surface area contributed by atoms with E-state index in [2.05, 4.69) is 28.1 Å². The van der Waals surface area contributed by atoms with Crippen LogP contribution in [0.4, 0.5) is 0 Å². The van der Waals surface area contributed by atoms with E-state index in [4.69, 9.17) is 9.47 Å². The highest BCUT2D eigenvalue weighted by molar-refractivity contribution is 6.05. The van der Waals surface area contributed by atoms with Crippen LogP contribution in [-0.4, -0.2) is 47.7 Å². The van der Waals surface area contributed by atoms with Crippen molar-refractivity contribution in [1.29, 1.82) is 0 Å². The number of rotatable bonds is 6. The Morgan fingerprint density at radius 3 is 2.83 bits per heavy atom. The molecule has 0 spiro atoms. The highest BCUT2D eigenvalue weighted by Gasteiger charge is 2.38. The van der Waals surface area contributed by atoms with Crippen molar-refractivity contribution in [1.82, 2.24) is 9.88 Å². The molecule has 5 nitrogen and oxygen atoms in total. The zero-order chi connectivity index (χ0) is 19.8. The Morgan fingerprint density at radius 2 is 2.07 bits per heavy atom. The standard InChI is InChI=1S/C24H26N2O3/c1-16-23(24(27)29-14-18-5-3-2-4-6-18)21-11-17(7-8-22(21)25-16)9-10-26-13-20-12-19(26)15-28-20/h2-8,11,19-20,25H,9-10,12-15H2,1H3. The third-order valence-electron chi connectivity index (χ3n) is 6.17. The summed E-state index contributed by atoms with van der Waals surface area (Å²) in [4.78, 5) is 18.7. The van der Waals surface area contributed by atoms with Gasteiger partial charge in [0.25, 0.3) is 0 Å². The van der Waals surface area contributed by atoms with Crippen LogP contribution >= 0.6 is 0 Å². The maximum Gasteiger partial charge on any atom is 0.340 e. The fraction of sp³-hybridized carbons (Fsp3) is 0.375. The molecule has 2 bridgehead atoms. The molecule has 2 atom stereocenters. The number of hydrogen-bond acceptors (Lipinski definition) is 4. The van der Waals surface area contributed by atoms with Crippen LogP contribution < -0.4 is 0 Å². The minimum absolute atomic E-state index is 0.274. The highest BCUT2D eigenvalue weighted by Crippen LogP contribution is 2.29. The van der Waals surface area contributed by atoms with Gasteiger partial charge in [0, 0.05) is 35.7 Å². The molecule has 0 aliphatic carbocycles. The lowest BCUT2D eigenvalue weighted by Gasteiger charge is -2.26. The average molecular weight is 390 g/mol. The third kappa shape index (κ3) is 3.68. The maximum atomic E-state index is 12.8. The number of aromatic nitrogens is 1. The Balaban J connectivity index is 1.31. The number of carbonyl (C=O) groups is 1. The number of morpholine rings is 1. The van der Waals surface area contributed by atoms with Gasteiger partial charge in [-0.15, -0.1) is 0 Å². The molecule has 1 N–H and O–H groups in total. The lowest BCUT2D eigenvalue weighted by atomic mass is 10.1. The number of carbonyl (C=O) groups excluding carboxylic acids is 1. The topological polar surface area (TPSA) is 54.6 Å². The summed E-state index contributed by atoms with van der Waals surface area (Å²) < 4.78 is 11.3. The first kappa shape index (κ1) is 18.4. The van der Waals surface area contributed by atoms with Gasteiger partial charge in [0.05, 0.1) is 18.3 Å². The minimum atomic E-state index is -0.274. The maximum absolute atomic E-state index is 12.8. The molecule has 2 saturated heterocycles. The number of aromatic amines is 1. The van der Waals surface area contributed by atoms with Crippen LogP contribution in [0.5, 0.6) is 0 Å². The molecule has 2 aliphatic rings. The predicted octanol–water partition coefficient (Wildman–Crippen LogP) is 3.85. The zero-order valence-corrected chi connectivity index (χ0v) is 16.7. The lowest BCUT2D eigenvalue weighted by Crippen LogP contribution is -2.38. The van der Waals surface area contributed by atoms with Gasteiger partial charge in [0.1, 0.15) is 6.61 Å². The van der Waals surface area contributed by atoms with Gasteiger partial charge in [0.2, 0.25) is 0 Å². The first-order valence-electron chi connectivity index (χ1n) is 10.4. The lowest BCUT2D eigenvalue weighted by molar-refractivity contribution is 0.0311. The predicted molar refractivity (Wildman–Crippen MR) is 112 cm³/mol. The summed E-state index contributed by atoms with van der Waals surface area (Å²) in [5.74, 6) is -0.274. The number of fused-ring (bicyclic) bond motifs is 3. The van der Waals surface area contributed by atoms with Crippen LogP contribution in [0, 0.1) is 6.92 Å². The molecule has 3 aromatic rings. The molecule has 2 aromatic carbocycles. The molecular weight excluding hydrogens is 364 g/mol. The molecule has 29 heavy (non-hydrogen) atoms. The Hall–Kier alpha value is -2.63. The summed E-state index contributed by atoms with van der Waals surface area (Å²) >= 11 is 0. The fourth-order valence-corrected chi connectivity index (χ4v) is 4.61. The Labute approximate surface area is 170 Å². The van der Waals surface area contributed by atoms with Crippen LogP contribution in [0.25, 0.3) is 10.9 Å². The first-order valence-corrected chi connectivity index (χ1v) is 10.4. The molecule has 0 saturated carbocycles. The molecule has 5 heteroatoms. The second kappa shape index (κ2) is 7.65. The van der Waals surface area contributed by atoms with Crippen molar-refractivity contribution in [2.45, 2.75) is 38.5 Å². The second-order valence-corrected chi connectivity index (χ2v) is 8.16. The van der Waals surface area contributed by atoms with E-state index >= 15 is 0 Å². The molecule has 0 amide bonds. The quantitative estimate of drug-likeness (QED) is 0.650. The minimum Gasteiger partial charge on any atom is -0.457 e. The third-order valence-corrected chi connectivity index (χ3v) is 6.17. The van der Waals surface area contributed by atoms with Crippen molar-refractivity contribution in [2.75, 3.05) is 19.7 Å². The van der Waals surface area contributed by atoms with E-state index in [1.165, 1.54) is 12.0 Å². The van der Waals surface area contributed by atoms with Crippen LogP contribution in [0.1, 0.15) is 33.6 Å². The van der Waals surface area contributed by atoms with Crippen LogP contribution in [-0.2, 0) is 22.5 Å². The number of H-pyrrole nitrogens is 1. The summed E-state index contributed by atoms with van der Waals surface area (Å²) in [6, 6.07) is 16.7. The highest BCUT2D eigenvalue weighted by atomic mass is 16.5. The van der Waals surface area contributed by atoms with Gasteiger partial charge in [-0.25, -0.2) is 4.79 Å². The van der Waals surface area contributed by atoms with Crippen LogP contribution in [0.2, 0.25) is 0 Å². The molecule has 1 aromatic heterocycles.